The average molecular weight is 696 g/mol. The molecule has 0 aliphatic carbocycles. The van der Waals surface area contributed by atoms with Gasteiger partial charge in [-0.2, -0.15) is 0 Å². The Morgan fingerprint density at radius 3 is 2.10 bits per heavy atom. The number of benzene rings is 6. The Morgan fingerprint density at radius 2 is 1.37 bits per heavy atom. The van der Waals surface area contributed by atoms with Crippen LogP contribution >= 0.6 is 0 Å². The zero-order chi connectivity index (χ0) is 36.6. The van der Waals surface area contributed by atoms with Gasteiger partial charge in [0.2, 0.25) is 5.89 Å². The SMILES string of the molecule is CCC(O)CNC(=O)c1c(NC(=O)c2cccc3ccccc23)cccc1OC.COc1cccc2nc(-c3cccc4ccccc34)oc(=O)c12. The van der Waals surface area contributed by atoms with Gasteiger partial charge in [0, 0.05) is 17.7 Å². The molecule has 0 saturated carbocycles. The number of hydrogen-bond acceptors (Lipinski definition) is 8. The van der Waals surface area contributed by atoms with Crippen LogP contribution in [0, 0.1) is 0 Å². The molecule has 52 heavy (non-hydrogen) atoms. The van der Waals surface area contributed by atoms with Gasteiger partial charge in [-0.25, -0.2) is 9.78 Å². The Balaban J connectivity index is 0.000000183. The molecule has 0 bridgehead atoms. The first kappa shape index (κ1) is 35.3. The first-order chi connectivity index (χ1) is 25.3. The highest BCUT2D eigenvalue weighted by molar-refractivity contribution is 6.15. The van der Waals surface area contributed by atoms with Gasteiger partial charge in [-0.1, -0.05) is 91.9 Å². The number of hydrogen-bond donors (Lipinski definition) is 3. The minimum atomic E-state index is -0.637. The van der Waals surface area contributed by atoms with Crippen LogP contribution in [-0.2, 0) is 0 Å². The second kappa shape index (κ2) is 16.0. The van der Waals surface area contributed by atoms with Gasteiger partial charge in [0.25, 0.3) is 11.8 Å². The first-order valence-corrected chi connectivity index (χ1v) is 16.7. The molecule has 1 atom stereocenters. The van der Waals surface area contributed by atoms with Crippen LogP contribution in [0.2, 0.25) is 0 Å². The zero-order valence-corrected chi connectivity index (χ0v) is 28.9. The molecule has 0 fully saturated rings. The van der Waals surface area contributed by atoms with E-state index in [2.05, 4.69) is 15.6 Å². The van der Waals surface area contributed by atoms with Gasteiger partial charge in [-0.15, -0.1) is 0 Å². The van der Waals surface area contributed by atoms with E-state index < -0.39 is 17.6 Å². The molecule has 7 aromatic rings. The fourth-order valence-electron chi connectivity index (χ4n) is 5.88. The number of carbonyl (C=O) groups excluding carboxylic acids is 2. The van der Waals surface area contributed by atoms with E-state index in [0.29, 0.717) is 46.0 Å². The molecule has 10 heteroatoms. The number of nitrogens with zero attached hydrogens (tertiary/aromatic N) is 1. The maximum Gasteiger partial charge on any atom is 0.350 e. The molecule has 0 saturated heterocycles. The second-order valence-electron chi connectivity index (χ2n) is 11.8. The summed E-state index contributed by atoms with van der Waals surface area (Å²) >= 11 is 0. The van der Waals surface area contributed by atoms with Crippen LogP contribution in [-0.4, -0.2) is 48.8 Å². The van der Waals surface area contributed by atoms with Crippen LogP contribution in [0.25, 0.3) is 43.9 Å². The molecule has 1 heterocycles. The number of fused-ring (bicyclic) bond motifs is 3. The van der Waals surface area contributed by atoms with Gasteiger partial charge in [0.1, 0.15) is 22.4 Å². The number of anilines is 1. The normalized spacial score (nSPS) is 11.4. The fourth-order valence-corrected chi connectivity index (χ4v) is 5.88. The number of nitrogens with one attached hydrogen (secondary N) is 2. The monoisotopic (exact) mass is 695 g/mol. The summed E-state index contributed by atoms with van der Waals surface area (Å²) in [4.78, 5) is 42.7. The van der Waals surface area contributed by atoms with Gasteiger partial charge in [-0.05, 0) is 64.4 Å². The lowest BCUT2D eigenvalue weighted by atomic mass is 10.0. The largest absolute Gasteiger partial charge is 0.496 e. The van der Waals surface area contributed by atoms with Crippen molar-refractivity contribution in [2.24, 2.45) is 0 Å². The molecular formula is C42H37N3O7. The van der Waals surface area contributed by atoms with Crippen molar-refractivity contribution in [2.75, 3.05) is 26.1 Å². The molecule has 3 N–H and O–H groups in total. The number of amides is 2. The van der Waals surface area contributed by atoms with Crippen molar-refractivity contribution < 1.29 is 28.6 Å². The maximum atomic E-state index is 13.0. The third-order valence-corrected chi connectivity index (χ3v) is 8.58. The van der Waals surface area contributed by atoms with Crippen molar-refractivity contribution in [1.82, 2.24) is 10.3 Å². The van der Waals surface area contributed by atoms with Crippen molar-refractivity contribution in [2.45, 2.75) is 19.4 Å². The molecule has 1 aromatic heterocycles. The lowest BCUT2D eigenvalue weighted by Crippen LogP contribution is -2.32. The predicted octanol–water partition coefficient (Wildman–Crippen LogP) is 7.62. The van der Waals surface area contributed by atoms with E-state index in [9.17, 15) is 19.5 Å². The molecule has 0 radical (unpaired) electrons. The average Bonchev–Trinajstić information content (AvgIpc) is 3.19. The summed E-state index contributed by atoms with van der Waals surface area (Å²) in [6, 6.07) is 37.2. The van der Waals surface area contributed by atoms with Gasteiger partial charge >= 0.3 is 5.63 Å². The van der Waals surface area contributed by atoms with Crippen LogP contribution in [0.4, 0.5) is 5.69 Å². The Labute approximate surface area is 299 Å². The van der Waals surface area contributed by atoms with Crippen molar-refractivity contribution in [3.63, 3.8) is 0 Å². The smallest absolute Gasteiger partial charge is 0.350 e. The van der Waals surface area contributed by atoms with E-state index in [4.69, 9.17) is 13.9 Å². The minimum Gasteiger partial charge on any atom is -0.496 e. The van der Waals surface area contributed by atoms with Crippen LogP contribution in [0.5, 0.6) is 11.5 Å². The van der Waals surface area contributed by atoms with E-state index in [0.717, 1.165) is 27.1 Å². The van der Waals surface area contributed by atoms with Crippen LogP contribution < -0.4 is 25.7 Å². The lowest BCUT2D eigenvalue weighted by molar-refractivity contribution is 0.0911. The number of aliphatic hydroxyl groups is 1. The molecule has 6 aromatic carbocycles. The van der Waals surface area contributed by atoms with E-state index >= 15 is 0 Å². The summed E-state index contributed by atoms with van der Waals surface area (Å²) in [7, 11) is 2.98. The summed E-state index contributed by atoms with van der Waals surface area (Å²) in [5.74, 6) is 0.367. The molecular weight excluding hydrogens is 658 g/mol. The van der Waals surface area contributed by atoms with Gasteiger partial charge in [-0.3, -0.25) is 9.59 Å². The van der Waals surface area contributed by atoms with E-state index in [1.54, 1.807) is 42.5 Å². The lowest BCUT2D eigenvalue weighted by Gasteiger charge is -2.16. The van der Waals surface area contributed by atoms with E-state index in [1.807, 2.05) is 85.8 Å². The Morgan fingerprint density at radius 1 is 0.750 bits per heavy atom. The van der Waals surface area contributed by atoms with Gasteiger partial charge < -0.3 is 29.6 Å². The molecule has 0 aliphatic rings. The van der Waals surface area contributed by atoms with Gasteiger partial charge in [0.05, 0.1) is 31.5 Å². The summed E-state index contributed by atoms with van der Waals surface area (Å²) in [5, 5.41) is 19.5. The standard InChI is InChI=1S/C23H24N2O4.C19H13NO3/c1-3-16(26)14-24-23(28)21-19(12-7-13-20(21)29-2)25-22(27)18-11-6-9-15-8-4-5-10-17(15)18;1-22-16-11-5-10-15-17(16)19(21)23-18(20-15)14-9-4-7-12-6-2-3-8-13(12)14/h4-13,16,26H,3,14H2,1-2H3,(H,24,28)(H,25,27);2-11H,1H3. The molecule has 2 amide bonds. The topological polar surface area (TPSA) is 140 Å². The summed E-state index contributed by atoms with van der Waals surface area (Å²) < 4.78 is 16.0. The van der Waals surface area contributed by atoms with Crippen LogP contribution in [0.1, 0.15) is 34.1 Å². The predicted molar refractivity (Wildman–Crippen MR) is 203 cm³/mol. The Bertz CT molecular complexity index is 2450. The summed E-state index contributed by atoms with van der Waals surface area (Å²) in [6.45, 7) is 1.94. The van der Waals surface area contributed by atoms with Crippen molar-refractivity contribution in [3.05, 3.63) is 143 Å². The third kappa shape index (κ3) is 7.47. The maximum absolute atomic E-state index is 13.0. The zero-order valence-electron chi connectivity index (χ0n) is 28.9. The Kier molecular flexibility index (Phi) is 10.9. The van der Waals surface area contributed by atoms with E-state index in [1.165, 1.54) is 14.2 Å². The first-order valence-electron chi connectivity index (χ1n) is 16.7. The highest BCUT2D eigenvalue weighted by Crippen LogP contribution is 2.30. The van der Waals surface area contributed by atoms with E-state index in [-0.39, 0.29) is 18.0 Å². The number of ether oxygens (including phenoxy) is 2. The van der Waals surface area contributed by atoms with Crippen molar-refractivity contribution >= 4 is 49.9 Å². The molecule has 10 nitrogen and oxygen atoms in total. The molecule has 1 unspecified atom stereocenters. The number of aliphatic hydroxyl groups excluding tert-OH is 1. The number of methoxy groups -OCH3 is 2. The molecule has 0 spiro atoms. The summed E-state index contributed by atoms with van der Waals surface area (Å²) in [5.41, 5.74) is 1.97. The molecule has 7 rings (SSSR count). The molecule has 0 aliphatic heterocycles. The van der Waals surface area contributed by atoms with Gasteiger partial charge in [0.15, 0.2) is 0 Å². The quantitative estimate of drug-likeness (QED) is 0.140. The summed E-state index contributed by atoms with van der Waals surface area (Å²) in [6.07, 6.45) is -0.112. The van der Waals surface area contributed by atoms with Crippen LogP contribution in [0.3, 0.4) is 0 Å². The third-order valence-electron chi connectivity index (χ3n) is 8.58. The van der Waals surface area contributed by atoms with Crippen LogP contribution in [0.15, 0.2) is 131 Å². The minimum absolute atomic E-state index is 0.115. The highest BCUT2D eigenvalue weighted by atomic mass is 16.5. The number of carbonyl (C=O) groups is 2. The second-order valence-corrected chi connectivity index (χ2v) is 11.8. The van der Waals surface area contributed by atoms with Crippen molar-refractivity contribution in [1.29, 1.82) is 0 Å². The Hall–Kier alpha value is -6.52. The van der Waals surface area contributed by atoms with Crippen molar-refractivity contribution in [3.8, 4) is 23.0 Å². The molecule has 262 valence electrons. The fraction of sp³-hybridized carbons (Fsp3) is 0.143. The highest BCUT2D eigenvalue weighted by Gasteiger charge is 2.21. The number of aromatic nitrogens is 1. The number of rotatable bonds is 9.